The summed E-state index contributed by atoms with van der Waals surface area (Å²) in [6.07, 6.45) is -12.9. The Balaban J connectivity index is 0.000000188. The smallest absolute Gasteiger partial charge is 0.229 e. The third kappa shape index (κ3) is 8.38. The minimum Gasteiger partial charge on any atom is -0.462 e. The molecule has 0 aromatic heterocycles. The third-order valence-electron chi connectivity index (χ3n) is 8.08. The van der Waals surface area contributed by atoms with E-state index in [1.807, 2.05) is 84.9 Å². The SMILES string of the molecule is OCC1OC(Oc2cccc(-c3ccccc3)c2)C(O)C(O)C1O.OCC1OC(Oc2cccc(-c3ccccc3)c2)C(O)C(O)C1O. The lowest BCUT2D eigenvalue weighted by Gasteiger charge is -2.39. The molecule has 4 aromatic rings. The summed E-state index contributed by atoms with van der Waals surface area (Å²) in [5, 5.41) is 77.7. The van der Waals surface area contributed by atoms with Crippen LogP contribution in [0.3, 0.4) is 0 Å². The van der Waals surface area contributed by atoms with E-state index in [-0.39, 0.29) is 0 Å². The van der Waals surface area contributed by atoms with E-state index in [9.17, 15) is 40.9 Å². The van der Waals surface area contributed by atoms with Crippen molar-refractivity contribution in [1.29, 1.82) is 0 Å². The second kappa shape index (κ2) is 16.5. The van der Waals surface area contributed by atoms with Crippen LogP contribution in [0.4, 0.5) is 0 Å². The lowest BCUT2D eigenvalue weighted by molar-refractivity contribution is -0.277. The van der Waals surface area contributed by atoms with Gasteiger partial charge in [0.05, 0.1) is 13.2 Å². The van der Waals surface area contributed by atoms with Crippen LogP contribution >= 0.6 is 0 Å². The molecule has 0 amide bonds. The summed E-state index contributed by atoms with van der Waals surface area (Å²) < 4.78 is 21.9. The van der Waals surface area contributed by atoms with Gasteiger partial charge in [0.25, 0.3) is 0 Å². The molecule has 0 radical (unpaired) electrons. The summed E-state index contributed by atoms with van der Waals surface area (Å²) in [5.74, 6) is 0.890. The summed E-state index contributed by atoms with van der Waals surface area (Å²) in [5.41, 5.74) is 3.88. The van der Waals surface area contributed by atoms with Crippen molar-refractivity contribution in [1.82, 2.24) is 0 Å². The maximum Gasteiger partial charge on any atom is 0.229 e. The minimum absolute atomic E-state index is 0.445. The van der Waals surface area contributed by atoms with Crippen molar-refractivity contribution in [2.45, 2.75) is 61.4 Å². The summed E-state index contributed by atoms with van der Waals surface area (Å²) in [7, 11) is 0. The molecule has 10 atom stereocenters. The molecule has 0 saturated carbocycles. The Morgan fingerprint density at radius 3 is 1.12 bits per heavy atom. The van der Waals surface area contributed by atoms with Gasteiger partial charge in [-0.2, -0.15) is 0 Å². The van der Waals surface area contributed by atoms with Crippen molar-refractivity contribution >= 4 is 0 Å². The highest BCUT2D eigenvalue weighted by atomic mass is 16.7. The van der Waals surface area contributed by atoms with Crippen LogP contribution in [0.1, 0.15) is 0 Å². The molecule has 2 aliphatic rings. The molecule has 48 heavy (non-hydrogen) atoms. The van der Waals surface area contributed by atoms with E-state index in [1.54, 1.807) is 24.3 Å². The summed E-state index contributed by atoms with van der Waals surface area (Å²) >= 11 is 0. The zero-order valence-electron chi connectivity index (χ0n) is 25.8. The Morgan fingerprint density at radius 1 is 0.417 bits per heavy atom. The molecule has 2 heterocycles. The molecule has 0 aliphatic carbocycles. The van der Waals surface area contributed by atoms with E-state index in [0.29, 0.717) is 11.5 Å². The maximum atomic E-state index is 10.0. The van der Waals surface area contributed by atoms with Crippen LogP contribution in [0.15, 0.2) is 109 Å². The van der Waals surface area contributed by atoms with Crippen LogP contribution in [0, 0.1) is 0 Å². The first-order chi connectivity index (χ1) is 23.2. The molecule has 12 heteroatoms. The standard InChI is InChI=1S/2C18H20O6/c2*19-10-14-15(20)16(21)17(22)18(24-14)23-13-8-4-7-12(9-13)11-5-2-1-3-6-11/h2*1-9,14-22H,10H2. The van der Waals surface area contributed by atoms with Gasteiger partial charge in [0.1, 0.15) is 60.3 Å². The molecule has 4 aromatic carbocycles. The molecule has 6 rings (SSSR count). The predicted octanol–water partition coefficient (Wildman–Crippen LogP) is 1.06. The van der Waals surface area contributed by atoms with Crippen molar-refractivity contribution < 1.29 is 59.8 Å². The Morgan fingerprint density at radius 2 is 0.771 bits per heavy atom. The van der Waals surface area contributed by atoms with Crippen molar-refractivity contribution in [3.63, 3.8) is 0 Å². The van der Waals surface area contributed by atoms with Crippen molar-refractivity contribution in [2.24, 2.45) is 0 Å². The van der Waals surface area contributed by atoms with Gasteiger partial charge in [-0.1, -0.05) is 84.9 Å². The third-order valence-corrected chi connectivity index (χ3v) is 8.08. The van der Waals surface area contributed by atoms with Crippen molar-refractivity contribution in [2.75, 3.05) is 13.2 Å². The van der Waals surface area contributed by atoms with Crippen LogP contribution in [0.2, 0.25) is 0 Å². The van der Waals surface area contributed by atoms with Crippen LogP contribution in [-0.4, -0.2) is 115 Å². The fourth-order valence-electron chi connectivity index (χ4n) is 5.36. The molecule has 256 valence electrons. The lowest BCUT2D eigenvalue weighted by Crippen LogP contribution is -2.60. The second-order valence-electron chi connectivity index (χ2n) is 11.4. The number of hydrogen-bond acceptors (Lipinski definition) is 12. The molecule has 8 N–H and O–H groups in total. The maximum absolute atomic E-state index is 10.0. The topological polar surface area (TPSA) is 199 Å². The first-order valence-corrected chi connectivity index (χ1v) is 15.5. The van der Waals surface area contributed by atoms with Gasteiger partial charge < -0.3 is 59.8 Å². The van der Waals surface area contributed by atoms with Crippen LogP contribution < -0.4 is 9.47 Å². The van der Waals surface area contributed by atoms with E-state index in [2.05, 4.69) is 0 Å². The van der Waals surface area contributed by atoms with Gasteiger partial charge in [0.2, 0.25) is 12.6 Å². The van der Waals surface area contributed by atoms with Gasteiger partial charge >= 0.3 is 0 Å². The second-order valence-corrected chi connectivity index (χ2v) is 11.4. The average molecular weight is 665 g/mol. The lowest BCUT2D eigenvalue weighted by atomic mass is 9.99. The van der Waals surface area contributed by atoms with E-state index in [1.165, 1.54) is 0 Å². The molecule has 0 bridgehead atoms. The highest BCUT2D eigenvalue weighted by Crippen LogP contribution is 2.29. The molecule has 2 saturated heterocycles. The van der Waals surface area contributed by atoms with Gasteiger partial charge in [-0.25, -0.2) is 0 Å². The largest absolute Gasteiger partial charge is 0.462 e. The summed E-state index contributed by atoms with van der Waals surface area (Å²) in [6, 6.07) is 33.9. The number of ether oxygens (including phenoxy) is 4. The van der Waals surface area contributed by atoms with Gasteiger partial charge in [0.15, 0.2) is 0 Å². The highest BCUT2D eigenvalue weighted by molar-refractivity contribution is 5.65. The Hall–Kier alpha value is -3.92. The van der Waals surface area contributed by atoms with Crippen molar-refractivity contribution in [3.8, 4) is 33.8 Å². The molecule has 10 unspecified atom stereocenters. The van der Waals surface area contributed by atoms with Crippen LogP contribution in [0.5, 0.6) is 11.5 Å². The quantitative estimate of drug-likeness (QED) is 0.134. The molecule has 2 aliphatic heterocycles. The number of benzene rings is 4. The van der Waals surface area contributed by atoms with E-state index in [0.717, 1.165) is 22.3 Å². The van der Waals surface area contributed by atoms with Gasteiger partial charge in [-0.3, -0.25) is 0 Å². The number of hydrogen-bond donors (Lipinski definition) is 8. The normalized spacial score (nSPS) is 30.1. The molecule has 0 spiro atoms. The van der Waals surface area contributed by atoms with E-state index >= 15 is 0 Å². The molecule has 2 fully saturated rings. The van der Waals surface area contributed by atoms with Crippen molar-refractivity contribution in [3.05, 3.63) is 109 Å². The monoisotopic (exact) mass is 664 g/mol. The zero-order valence-corrected chi connectivity index (χ0v) is 25.8. The Kier molecular flexibility index (Phi) is 12.1. The summed E-state index contributed by atoms with van der Waals surface area (Å²) in [6.45, 7) is -0.982. The molecular weight excluding hydrogens is 624 g/mol. The van der Waals surface area contributed by atoms with Gasteiger partial charge in [-0.05, 0) is 46.5 Å². The number of aliphatic hydroxyl groups is 8. The number of rotatable bonds is 8. The van der Waals surface area contributed by atoms with Crippen LogP contribution in [-0.2, 0) is 9.47 Å². The van der Waals surface area contributed by atoms with E-state index in [4.69, 9.17) is 18.9 Å². The fourth-order valence-corrected chi connectivity index (χ4v) is 5.36. The number of aliphatic hydroxyl groups excluding tert-OH is 8. The minimum atomic E-state index is -1.46. The Bertz CT molecular complexity index is 1440. The Labute approximate surface area is 277 Å². The van der Waals surface area contributed by atoms with Gasteiger partial charge in [0, 0.05) is 0 Å². The van der Waals surface area contributed by atoms with Crippen LogP contribution in [0.25, 0.3) is 22.3 Å². The molecule has 12 nitrogen and oxygen atoms in total. The van der Waals surface area contributed by atoms with E-state index < -0.39 is 74.6 Å². The molecular formula is C36H40O12. The zero-order chi connectivity index (χ0) is 34.2. The first kappa shape index (κ1) is 35.4. The average Bonchev–Trinajstić information content (AvgIpc) is 3.13. The highest BCUT2D eigenvalue weighted by Gasteiger charge is 2.45. The predicted molar refractivity (Wildman–Crippen MR) is 173 cm³/mol. The first-order valence-electron chi connectivity index (χ1n) is 15.5. The summed E-state index contributed by atoms with van der Waals surface area (Å²) in [4.78, 5) is 0. The fraction of sp³-hybridized carbons (Fsp3) is 0.333. The van der Waals surface area contributed by atoms with Gasteiger partial charge in [-0.15, -0.1) is 0 Å².